The Balaban J connectivity index is 2.18. The van der Waals surface area contributed by atoms with Crippen molar-refractivity contribution in [1.82, 2.24) is 0 Å². The quantitative estimate of drug-likeness (QED) is 0.729. The second-order valence-corrected chi connectivity index (χ2v) is 6.59. The first-order valence-electron chi connectivity index (χ1n) is 8.44. The summed E-state index contributed by atoms with van der Waals surface area (Å²) in [6, 6.07) is 6.64. The molecule has 2 rings (SSSR count). The van der Waals surface area contributed by atoms with Crippen molar-refractivity contribution in [3.8, 4) is 17.2 Å². The van der Waals surface area contributed by atoms with Crippen LogP contribution in [0.1, 0.15) is 18.1 Å². The molecular weight excluding hydrogens is 368 g/mol. The van der Waals surface area contributed by atoms with Gasteiger partial charge in [-0.05, 0) is 44.0 Å². The van der Waals surface area contributed by atoms with Gasteiger partial charge in [0.2, 0.25) is 5.91 Å². The summed E-state index contributed by atoms with van der Waals surface area (Å²) in [5.41, 5.74) is 3.15. The number of amides is 1. The molecule has 2 aromatic rings. The molecule has 146 valence electrons. The van der Waals surface area contributed by atoms with E-state index >= 15 is 0 Å². The fraction of sp³-hybridized carbons (Fsp3) is 0.350. The fourth-order valence-corrected chi connectivity index (χ4v) is 2.76. The monoisotopic (exact) mass is 392 g/mol. The summed E-state index contributed by atoms with van der Waals surface area (Å²) in [5.74, 6) is 1.53. The maximum absolute atomic E-state index is 12.7. The SMILES string of the molecule is COc1cc(Cl)c(C)cc1NC(=O)C(C)Nc1cc(OC)c(OC)cc1C. The van der Waals surface area contributed by atoms with Gasteiger partial charge in [0.1, 0.15) is 11.8 Å². The van der Waals surface area contributed by atoms with Crippen molar-refractivity contribution in [3.05, 3.63) is 40.4 Å². The second kappa shape index (κ2) is 8.86. The van der Waals surface area contributed by atoms with Gasteiger partial charge in [0.25, 0.3) is 0 Å². The zero-order valence-electron chi connectivity index (χ0n) is 16.4. The van der Waals surface area contributed by atoms with E-state index in [1.807, 2.05) is 26.0 Å². The number of rotatable bonds is 7. The summed E-state index contributed by atoms with van der Waals surface area (Å²) >= 11 is 6.11. The number of carbonyl (C=O) groups excluding carboxylic acids is 1. The number of hydrogen-bond donors (Lipinski definition) is 2. The topological polar surface area (TPSA) is 68.8 Å². The minimum atomic E-state index is -0.498. The summed E-state index contributed by atoms with van der Waals surface area (Å²) in [7, 11) is 4.69. The molecule has 0 spiro atoms. The molecule has 1 unspecified atom stereocenters. The van der Waals surface area contributed by atoms with Gasteiger partial charge in [0.05, 0.1) is 27.0 Å². The number of aryl methyl sites for hydroxylation is 2. The predicted molar refractivity (Wildman–Crippen MR) is 109 cm³/mol. The minimum absolute atomic E-state index is 0.204. The van der Waals surface area contributed by atoms with Crippen LogP contribution in [-0.2, 0) is 4.79 Å². The third-order valence-corrected chi connectivity index (χ3v) is 4.64. The molecule has 0 aliphatic carbocycles. The molecule has 0 aliphatic rings. The molecule has 7 heteroatoms. The summed E-state index contributed by atoms with van der Waals surface area (Å²) in [6.07, 6.45) is 0. The van der Waals surface area contributed by atoms with Crippen LogP contribution >= 0.6 is 11.6 Å². The Kier molecular flexibility index (Phi) is 6.80. The van der Waals surface area contributed by atoms with Crippen molar-refractivity contribution in [3.63, 3.8) is 0 Å². The zero-order valence-corrected chi connectivity index (χ0v) is 17.2. The van der Waals surface area contributed by atoms with E-state index in [9.17, 15) is 4.79 Å². The molecule has 27 heavy (non-hydrogen) atoms. The van der Waals surface area contributed by atoms with Crippen LogP contribution in [0.4, 0.5) is 11.4 Å². The highest BCUT2D eigenvalue weighted by Gasteiger charge is 2.18. The van der Waals surface area contributed by atoms with Gasteiger partial charge in [-0.1, -0.05) is 11.6 Å². The van der Waals surface area contributed by atoms with Gasteiger partial charge >= 0.3 is 0 Å². The number of anilines is 2. The Labute approximate surface area is 164 Å². The van der Waals surface area contributed by atoms with Crippen LogP contribution in [0.3, 0.4) is 0 Å². The highest BCUT2D eigenvalue weighted by atomic mass is 35.5. The lowest BCUT2D eigenvalue weighted by atomic mass is 10.1. The van der Waals surface area contributed by atoms with Crippen LogP contribution in [-0.4, -0.2) is 33.3 Å². The first-order valence-corrected chi connectivity index (χ1v) is 8.82. The largest absolute Gasteiger partial charge is 0.495 e. The summed E-state index contributed by atoms with van der Waals surface area (Å²) in [4.78, 5) is 12.7. The third kappa shape index (κ3) is 4.77. The molecular formula is C20H25ClN2O4. The average molecular weight is 393 g/mol. The lowest BCUT2D eigenvalue weighted by Crippen LogP contribution is -2.32. The Bertz CT molecular complexity index is 839. The van der Waals surface area contributed by atoms with E-state index in [-0.39, 0.29) is 5.91 Å². The lowest BCUT2D eigenvalue weighted by Gasteiger charge is -2.20. The lowest BCUT2D eigenvalue weighted by molar-refractivity contribution is -0.116. The van der Waals surface area contributed by atoms with Crippen LogP contribution in [0.15, 0.2) is 24.3 Å². The van der Waals surface area contributed by atoms with Crippen LogP contribution in [0, 0.1) is 13.8 Å². The van der Waals surface area contributed by atoms with E-state index in [0.717, 1.165) is 16.8 Å². The first-order chi connectivity index (χ1) is 12.8. The van der Waals surface area contributed by atoms with Crippen LogP contribution in [0.2, 0.25) is 5.02 Å². The summed E-state index contributed by atoms with van der Waals surface area (Å²) < 4.78 is 15.9. The molecule has 0 aromatic heterocycles. The van der Waals surface area contributed by atoms with E-state index in [1.54, 1.807) is 33.3 Å². The van der Waals surface area contributed by atoms with Gasteiger partial charge in [-0.3, -0.25) is 4.79 Å². The molecule has 1 amide bonds. The highest BCUT2D eigenvalue weighted by Crippen LogP contribution is 2.34. The number of nitrogens with one attached hydrogen (secondary N) is 2. The van der Waals surface area contributed by atoms with E-state index in [0.29, 0.717) is 28.0 Å². The highest BCUT2D eigenvalue weighted by molar-refractivity contribution is 6.31. The van der Waals surface area contributed by atoms with Crippen molar-refractivity contribution >= 4 is 28.9 Å². The molecule has 0 aliphatic heterocycles. The van der Waals surface area contributed by atoms with Crippen LogP contribution < -0.4 is 24.8 Å². The Hall–Kier alpha value is -2.60. The molecule has 0 saturated carbocycles. The summed E-state index contributed by atoms with van der Waals surface area (Å²) in [6.45, 7) is 5.58. The molecule has 6 nitrogen and oxygen atoms in total. The van der Waals surface area contributed by atoms with Crippen molar-refractivity contribution in [1.29, 1.82) is 0 Å². The van der Waals surface area contributed by atoms with Crippen molar-refractivity contribution in [2.24, 2.45) is 0 Å². The van der Waals surface area contributed by atoms with E-state index in [1.165, 1.54) is 7.11 Å². The second-order valence-electron chi connectivity index (χ2n) is 6.18. The Morgan fingerprint density at radius 2 is 1.48 bits per heavy atom. The first kappa shape index (κ1) is 20.7. The number of hydrogen-bond acceptors (Lipinski definition) is 5. The smallest absolute Gasteiger partial charge is 0.246 e. The van der Waals surface area contributed by atoms with Gasteiger partial charge in [-0.2, -0.15) is 0 Å². The van der Waals surface area contributed by atoms with Crippen molar-refractivity contribution in [2.45, 2.75) is 26.8 Å². The molecule has 0 bridgehead atoms. The maximum Gasteiger partial charge on any atom is 0.246 e. The van der Waals surface area contributed by atoms with E-state index < -0.39 is 6.04 Å². The number of benzene rings is 2. The molecule has 1 atom stereocenters. The molecule has 0 fully saturated rings. The zero-order chi connectivity index (χ0) is 20.1. The average Bonchev–Trinajstić information content (AvgIpc) is 2.65. The molecule has 2 N–H and O–H groups in total. The summed E-state index contributed by atoms with van der Waals surface area (Å²) in [5, 5.41) is 6.66. The standard InChI is InChI=1S/C20H25ClN2O4/c1-11-7-16(17(25-4)9-14(11)21)23-20(24)13(3)22-15-10-19(27-6)18(26-5)8-12(15)2/h7-10,13,22H,1-6H3,(H,23,24). The maximum atomic E-state index is 12.7. The van der Waals surface area contributed by atoms with Crippen LogP contribution in [0.5, 0.6) is 17.2 Å². The van der Waals surface area contributed by atoms with E-state index in [2.05, 4.69) is 10.6 Å². The molecule has 0 saturated heterocycles. The van der Waals surface area contributed by atoms with Gasteiger partial charge < -0.3 is 24.8 Å². The predicted octanol–water partition coefficient (Wildman–Crippen LogP) is 4.42. The normalized spacial score (nSPS) is 11.5. The molecule has 0 radical (unpaired) electrons. The Morgan fingerprint density at radius 3 is 2.07 bits per heavy atom. The Morgan fingerprint density at radius 1 is 0.889 bits per heavy atom. The molecule has 0 heterocycles. The molecule has 2 aromatic carbocycles. The van der Waals surface area contributed by atoms with Gasteiger partial charge in [0.15, 0.2) is 11.5 Å². The van der Waals surface area contributed by atoms with Gasteiger partial charge in [0, 0.05) is 22.8 Å². The third-order valence-electron chi connectivity index (χ3n) is 4.23. The van der Waals surface area contributed by atoms with Gasteiger partial charge in [-0.25, -0.2) is 0 Å². The van der Waals surface area contributed by atoms with Crippen LogP contribution in [0.25, 0.3) is 0 Å². The minimum Gasteiger partial charge on any atom is -0.495 e. The fourth-order valence-electron chi connectivity index (χ4n) is 2.61. The van der Waals surface area contributed by atoms with Gasteiger partial charge in [-0.15, -0.1) is 0 Å². The number of ether oxygens (including phenoxy) is 3. The number of methoxy groups -OCH3 is 3. The number of halogens is 1. The van der Waals surface area contributed by atoms with Crippen molar-refractivity contribution < 1.29 is 19.0 Å². The van der Waals surface area contributed by atoms with Crippen molar-refractivity contribution in [2.75, 3.05) is 32.0 Å². The number of carbonyl (C=O) groups is 1. The van der Waals surface area contributed by atoms with E-state index in [4.69, 9.17) is 25.8 Å².